The van der Waals surface area contributed by atoms with E-state index in [0.717, 1.165) is 0 Å². The van der Waals surface area contributed by atoms with Crippen molar-refractivity contribution in [2.45, 2.75) is 6.92 Å². The third-order valence-corrected chi connectivity index (χ3v) is 3.20. The minimum absolute atomic E-state index is 0.201. The van der Waals surface area contributed by atoms with Gasteiger partial charge in [-0.3, -0.25) is 0 Å². The van der Waals surface area contributed by atoms with Crippen LogP contribution in [-0.4, -0.2) is 12.9 Å². The molecule has 0 saturated heterocycles. The number of allylic oxidation sites excluding steroid dienone is 1. The lowest BCUT2D eigenvalue weighted by Crippen LogP contribution is -2.04. The molecule has 0 bridgehead atoms. The van der Waals surface area contributed by atoms with Crippen molar-refractivity contribution < 1.29 is 8.42 Å². The van der Waals surface area contributed by atoms with Crippen LogP contribution in [0.3, 0.4) is 0 Å². The van der Waals surface area contributed by atoms with Crippen molar-refractivity contribution in [3.63, 3.8) is 0 Å². The molecule has 1 rings (SSSR count). The summed E-state index contributed by atoms with van der Waals surface area (Å²) in [6.07, 6.45) is 1.23. The van der Waals surface area contributed by atoms with Gasteiger partial charge in [0.25, 0.3) is 0 Å². The lowest BCUT2D eigenvalue weighted by Gasteiger charge is -1.89. The quantitative estimate of drug-likeness (QED) is 0.535. The van der Waals surface area contributed by atoms with Crippen molar-refractivity contribution in [2.24, 2.45) is 4.99 Å². The van der Waals surface area contributed by atoms with Crippen molar-refractivity contribution in [1.29, 1.82) is 0 Å². The molecule has 0 aromatic carbocycles. The zero-order valence-corrected chi connectivity index (χ0v) is 6.20. The van der Waals surface area contributed by atoms with Gasteiger partial charge in [-0.2, -0.15) is 0 Å². The van der Waals surface area contributed by atoms with Gasteiger partial charge in [0.1, 0.15) is 0 Å². The summed E-state index contributed by atoms with van der Waals surface area (Å²) in [4.78, 5) is 3.60. The molecule has 0 unspecified atom stereocenters. The third-order valence-electron chi connectivity index (χ3n) is 0.993. The topological polar surface area (TPSA) is 46.5 Å². The standard InChI is InChI=1S/C4H4ClNO2S/c1-3-2-6-4(5)9(3,7)8/h2H,1H3. The second-order valence-electron chi connectivity index (χ2n) is 1.63. The van der Waals surface area contributed by atoms with Crippen LogP contribution in [0.4, 0.5) is 0 Å². The number of hydrogen-bond donors (Lipinski definition) is 0. The Morgan fingerprint density at radius 1 is 1.67 bits per heavy atom. The SMILES string of the molecule is CC1=CN=C(Cl)S1(=O)=O. The Kier molecular flexibility index (Phi) is 1.36. The molecule has 9 heavy (non-hydrogen) atoms. The highest BCUT2D eigenvalue weighted by Crippen LogP contribution is 2.17. The molecule has 0 N–H and O–H groups in total. The Hall–Kier alpha value is -0.350. The summed E-state index contributed by atoms with van der Waals surface area (Å²) in [7, 11) is -3.33. The molecular weight excluding hydrogens is 162 g/mol. The molecular formula is C4H4ClNO2S. The van der Waals surface area contributed by atoms with Crippen LogP contribution in [0, 0.1) is 0 Å². The fourth-order valence-electron chi connectivity index (χ4n) is 0.413. The highest BCUT2D eigenvalue weighted by molar-refractivity contribution is 8.12. The second kappa shape index (κ2) is 1.82. The van der Waals surface area contributed by atoms with Crippen molar-refractivity contribution in [3.8, 4) is 0 Å². The minimum Gasteiger partial charge on any atom is -0.232 e. The molecule has 0 radical (unpaired) electrons. The molecule has 3 nitrogen and oxygen atoms in total. The van der Waals surface area contributed by atoms with Gasteiger partial charge in [0.15, 0.2) is 0 Å². The minimum atomic E-state index is -3.33. The molecule has 50 valence electrons. The number of sulfone groups is 1. The van der Waals surface area contributed by atoms with Crippen molar-refractivity contribution in [1.82, 2.24) is 0 Å². The molecule has 0 aliphatic carbocycles. The van der Waals surface area contributed by atoms with Crippen molar-refractivity contribution in [3.05, 3.63) is 11.1 Å². The molecule has 5 heteroatoms. The monoisotopic (exact) mass is 165 g/mol. The number of nitrogens with zero attached hydrogens (tertiary/aromatic N) is 1. The Bertz CT molecular complexity index is 264. The maximum absolute atomic E-state index is 10.8. The van der Waals surface area contributed by atoms with Crippen LogP contribution in [0.15, 0.2) is 16.1 Å². The molecule has 0 aromatic rings. The van der Waals surface area contributed by atoms with Gasteiger partial charge in [0.2, 0.25) is 14.3 Å². The molecule has 0 amide bonds. The summed E-state index contributed by atoms with van der Waals surface area (Å²) in [5, 5.41) is 0. The van der Waals surface area contributed by atoms with Crippen molar-refractivity contribution in [2.75, 3.05) is 0 Å². The summed E-state index contributed by atoms with van der Waals surface area (Å²) < 4.78 is 21.2. The van der Waals surface area contributed by atoms with Crippen LogP contribution in [0.2, 0.25) is 0 Å². The lowest BCUT2D eigenvalue weighted by molar-refractivity contribution is 0.613. The first-order valence-corrected chi connectivity index (χ1v) is 4.06. The Morgan fingerprint density at radius 3 is 2.33 bits per heavy atom. The second-order valence-corrected chi connectivity index (χ2v) is 4.24. The van der Waals surface area contributed by atoms with Crippen LogP contribution < -0.4 is 0 Å². The summed E-state index contributed by atoms with van der Waals surface area (Å²) >= 11 is 5.21. The van der Waals surface area contributed by atoms with Crippen LogP contribution in [0.5, 0.6) is 0 Å². The lowest BCUT2D eigenvalue weighted by atomic mass is 10.7. The van der Waals surface area contributed by atoms with Gasteiger partial charge >= 0.3 is 0 Å². The predicted octanol–water partition coefficient (Wildman–Crippen LogP) is 0.871. The normalized spacial score (nSPS) is 23.3. The molecule has 0 atom stereocenters. The maximum atomic E-state index is 10.8. The van der Waals surface area contributed by atoms with E-state index in [-0.39, 0.29) is 9.41 Å². The average molecular weight is 166 g/mol. The molecule has 1 heterocycles. The summed E-state index contributed by atoms with van der Waals surface area (Å²) in [5.41, 5.74) is 0. The van der Waals surface area contributed by atoms with Crippen molar-refractivity contribution >= 4 is 25.9 Å². The van der Waals surface area contributed by atoms with Gasteiger partial charge in [-0.25, -0.2) is 13.4 Å². The summed E-state index contributed by atoms with van der Waals surface area (Å²) in [6.45, 7) is 1.45. The number of rotatable bonds is 0. The molecule has 1 aliphatic heterocycles. The average Bonchev–Trinajstić information content (AvgIpc) is 1.96. The number of hydrogen-bond acceptors (Lipinski definition) is 3. The zero-order chi connectivity index (χ0) is 7.07. The van der Waals surface area contributed by atoms with Crippen LogP contribution in [0.25, 0.3) is 0 Å². The van der Waals surface area contributed by atoms with E-state index in [4.69, 9.17) is 11.6 Å². The summed E-state index contributed by atoms with van der Waals surface area (Å²) in [5.74, 6) is 0. The van der Waals surface area contributed by atoms with Crippen LogP contribution in [0.1, 0.15) is 6.92 Å². The number of aliphatic imine (C=N–C) groups is 1. The van der Waals surface area contributed by atoms with E-state index in [1.165, 1.54) is 13.1 Å². The smallest absolute Gasteiger partial charge is 0.232 e. The molecule has 0 saturated carbocycles. The van der Waals surface area contributed by atoms with E-state index in [1.807, 2.05) is 0 Å². The molecule has 0 fully saturated rings. The zero-order valence-electron chi connectivity index (χ0n) is 4.63. The van der Waals surface area contributed by atoms with Gasteiger partial charge in [-0.05, 0) is 18.5 Å². The van der Waals surface area contributed by atoms with E-state index >= 15 is 0 Å². The van der Waals surface area contributed by atoms with Crippen LogP contribution >= 0.6 is 11.6 Å². The van der Waals surface area contributed by atoms with Gasteiger partial charge < -0.3 is 0 Å². The fourth-order valence-corrected chi connectivity index (χ4v) is 1.48. The largest absolute Gasteiger partial charge is 0.232 e. The Labute approximate surface area is 58.0 Å². The third kappa shape index (κ3) is 0.881. The maximum Gasteiger partial charge on any atom is 0.232 e. The van der Waals surface area contributed by atoms with Gasteiger partial charge in [0, 0.05) is 6.20 Å². The Morgan fingerprint density at radius 2 is 2.22 bits per heavy atom. The van der Waals surface area contributed by atoms with Crippen LogP contribution in [-0.2, 0) is 9.84 Å². The number of halogens is 1. The van der Waals surface area contributed by atoms with E-state index in [9.17, 15) is 8.42 Å². The molecule has 0 aromatic heterocycles. The fraction of sp³-hybridized carbons (Fsp3) is 0.250. The first-order chi connectivity index (χ1) is 4.05. The van der Waals surface area contributed by atoms with Gasteiger partial charge in [-0.15, -0.1) is 0 Å². The first kappa shape index (κ1) is 6.77. The highest BCUT2D eigenvalue weighted by Gasteiger charge is 2.23. The van der Waals surface area contributed by atoms with E-state index < -0.39 is 9.84 Å². The van der Waals surface area contributed by atoms with E-state index in [1.54, 1.807) is 0 Å². The van der Waals surface area contributed by atoms with E-state index in [2.05, 4.69) is 4.99 Å². The summed E-state index contributed by atoms with van der Waals surface area (Å²) in [6, 6.07) is 0. The molecule has 0 spiro atoms. The predicted molar refractivity (Wildman–Crippen MR) is 36.0 cm³/mol. The highest BCUT2D eigenvalue weighted by atomic mass is 35.5. The first-order valence-electron chi connectivity index (χ1n) is 2.20. The van der Waals surface area contributed by atoms with E-state index in [0.29, 0.717) is 0 Å². The van der Waals surface area contributed by atoms with Gasteiger partial charge in [-0.1, -0.05) is 0 Å². The Balaban J connectivity index is 3.29. The molecule has 1 aliphatic rings. The van der Waals surface area contributed by atoms with Gasteiger partial charge in [0.05, 0.1) is 4.91 Å².